The number of amidine groups is 1. The summed E-state index contributed by atoms with van der Waals surface area (Å²) >= 11 is 1.34. The number of hydrogen-bond acceptors (Lipinski definition) is 4. The highest BCUT2D eigenvalue weighted by Gasteiger charge is 2.49. The van der Waals surface area contributed by atoms with Gasteiger partial charge in [-0.1, -0.05) is 17.8 Å². The molecule has 0 aromatic rings. The summed E-state index contributed by atoms with van der Waals surface area (Å²) in [6.07, 6.45) is -1.74. The molecular formula is C9H13FN2O2S. The van der Waals surface area contributed by atoms with Crippen LogP contribution in [0.25, 0.3) is 0 Å². The first-order chi connectivity index (χ1) is 7.17. The number of fused-ring (bicyclic) bond motifs is 1. The number of hydrogen-bond donors (Lipinski definition) is 2. The molecule has 0 unspecified atom stereocenters. The summed E-state index contributed by atoms with van der Waals surface area (Å²) in [6, 6.07) is -0.528. The third-order valence-electron chi connectivity index (χ3n) is 2.54. The molecule has 0 amide bonds. The number of thioether (sulfide) groups is 1. The molecule has 0 saturated carbocycles. The van der Waals surface area contributed by atoms with Crippen LogP contribution in [0.1, 0.15) is 0 Å². The third-order valence-corrected chi connectivity index (χ3v) is 3.70. The van der Waals surface area contributed by atoms with E-state index in [1.54, 1.807) is 7.05 Å². The average molecular weight is 232 g/mol. The van der Waals surface area contributed by atoms with Crippen molar-refractivity contribution in [3.05, 3.63) is 12.7 Å². The van der Waals surface area contributed by atoms with E-state index in [-0.39, 0.29) is 5.44 Å². The van der Waals surface area contributed by atoms with Crippen molar-refractivity contribution in [2.45, 2.75) is 29.9 Å². The Balaban J connectivity index is 2.16. The second-order valence-corrected chi connectivity index (χ2v) is 4.54. The van der Waals surface area contributed by atoms with E-state index in [1.165, 1.54) is 17.8 Å². The summed E-state index contributed by atoms with van der Waals surface area (Å²) in [5.41, 5.74) is -0.343. The fourth-order valence-electron chi connectivity index (χ4n) is 1.71. The lowest BCUT2D eigenvalue weighted by Crippen LogP contribution is -2.56. The molecular weight excluding hydrogens is 219 g/mol. The maximum Gasteiger partial charge on any atom is 0.159 e. The molecule has 2 saturated heterocycles. The Labute approximate surface area is 91.6 Å². The van der Waals surface area contributed by atoms with Crippen molar-refractivity contribution < 1.29 is 14.2 Å². The SMILES string of the molecule is C=C[C@H]1O[C@@H]2SC(=NC)N[C@@H]2[C@H](F)[C@@H]1O. The van der Waals surface area contributed by atoms with Gasteiger partial charge in [-0.25, -0.2) is 4.39 Å². The molecule has 0 aromatic carbocycles. The molecule has 2 aliphatic heterocycles. The van der Waals surface area contributed by atoms with Crippen molar-refractivity contribution in [1.82, 2.24) is 5.32 Å². The van der Waals surface area contributed by atoms with Gasteiger partial charge in [0.2, 0.25) is 0 Å². The van der Waals surface area contributed by atoms with Crippen molar-refractivity contribution in [1.29, 1.82) is 0 Å². The van der Waals surface area contributed by atoms with E-state index >= 15 is 0 Å². The molecule has 2 aliphatic rings. The maximum absolute atomic E-state index is 13.8. The van der Waals surface area contributed by atoms with Crippen LogP contribution in [0.5, 0.6) is 0 Å². The summed E-state index contributed by atoms with van der Waals surface area (Å²) in [5.74, 6) is 0. The first-order valence-electron chi connectivity index (χ1n) is 4.67. The van der Waals surface area contributed by atoms with Crippen molar-refractivity contribution >= 4 is 16.9 Å². The lowest BCUT2D eigenvalue weighted by molar-refractivity contribution is -0.114. The number of ether oxygens (including phenoxy) is 1. The zero-order valence-electron chi connectivity index (χ0n) is 8.26. The Kier molecular flexibility index (Phi) is 2.99. The summed E-state index contributed by atoms with van der Waals surface area (Å²) in [7, 11) is 1.63. The third kappa shape index (κ3) is 1.77. The van der Waals surface area contributed by atoms with E-state index in [2.05, 4.69) is 16.9 Å². The summed E-state index contributed by atoms with van der Waals surface area (Å²) in [4.78, 5) is 3.94. The van der Waals surface area contributed by atoms with Gasteiger partial charge in [0.05, 0.1) is 6.04 Å². The van der Waals surface area contributed by atoms with Crippen LogP contribution in [0.3, 0.4) is 0 Å². The Morgan fingerprint density at radius 1 is 1.73 bits per heavy atom. The quantitative estimate of drug-likeness (QED) is 0.638. The molecule has 2 rings (SSSR count). The van der Waals surface area contributed by atoms with Gasteiger partial charge in [0.25, 0.3) is 0 Å². The Morgan fingerprint density at radius 3 is 3.07 bits per heavy atom. The largest absolute Gasteiger partial charge is 0.387 e. The molecule has 6 heteroatoms. The molecule has 5 atom stereocenters. The van der Waals surface area contributed by atoms with Gasteiger partial charge in [-0.05, 0) is 0 Å². The zero-order valence-corrected chi connectivity index (χ0v) is 9.08. The van der Waals surface area contributed by atoms with E-state index < -0.39 is 24.4 Å². The number of aliphatic hydroxyl groups excluding tert-OH is 1. The van der Waals surface area contributed by atoms with Gasteiger partial charge in [-0.2, -0.15) is 0 Å². The van der Waals surface area contributed by atoms with Gasteiger partial charge in [-0.3, -0.25) is 4.99 Å². The molecule has 15 heavy (non-hydrogen) atoms. The number of halogens is 1. The minimum atomic E-state index is -1.36. The van der Waals surface area contributed by atoms with Gasteiger partial charge >= 0.3 is 0 Å². The van der Waals surface area contributed by atoms with Crippen LogP contribution in [0.15, 0.2) is 17.6 Å². The van der Waals surface area contributed by atoms with E-state index in [1.807, 2.05) is 0 Å². The van der Waals surface area contributed by atoms with Crippen LogP contribution in [-0.4, -0.2) is 47.2 Å². The Hall–Kier alpha value is -0.590. The first kappa shape index (κ1) is 10.9. The van der Waals surface area contributed by atoms with Crippen molar-refractivity contribution in [3.8, 4) is 0 Å². The van der Waals surface area contributed by atoms with Gasteiger partial charge in [-0.15, -0.1) is 6.58 Å². The minimum Gasteiger partial charge on any atom is -0.387 e. The monoisotopic (exact) mass is 232 g/mol. The molecule has 0 aromatic heterocycles. The second-order valence-electron chi connectivity index (χ2n) is 3.46. The fraction of sp³-hybridized carbons (Fsp3) is 0.667. The van der Waals surface area contributed by atoms with Crippen LogP contribution in [-0.2, 0) is 4.74 Å². The predicted octanol–water partition coefficient (Wildman–Crippen LogP) is 0.287. The normalized spacial score (nSPS) is 47.4. The number of aliphatic imine (C=N–C) groups is 1. The van der Waals surface area contributed by atoms with Crippen LogP contribution < -0.4 is 5.32 Å². The van der Waals surface area contributed by atoms with E-state index in [4.69, 9.17) is 4.74 Å². The van der Waals surface area contributed by atoms with Crippen molar-refractivity contribution in [2.75, 3.05) is 7.05 Å². The number of nitrogens with zero attached hydrogens (tertiary/aromatic N) is 1. The minimum absolute atomic E-state index is 0.343. The first-order valence-corrected chi connectivity index (χ1v) is 5.55. The van der Waals surface area contributed by atoms with Gasteiger partial charge in [0.1, 0.15) is 17.6 Å². The molecule has 0 spiro atoms. The fourth-order valence-corrected chi connectivity index (χ4v) is 2.79. The highest BCUT2D eigenvalue weighted by molar-refractivity contribution is 8.14. The van der Waals surface area contributed by atoms with Crippen LogP contribution in [0, 0.1) is 0 Å². The van der Waals surface area contributed by atoms with Gasteiger partial charge < -0.3 is 15.2 Å². The van der Waals surface area contributed by atoms with E-state index in [0.29, 0.717) is 5.17 Å². The second kappa shape index (κ2) is 4.11. The van der Waals surface area contributed by atoms with Crippen LogP contribution >= 0.6 is 11.8 Å². The molecule has 2 N–H and O–H groups in total. The Morgan fingerprint density at radius 2 is 2.47 bits per heavy atom. The number of rotatable bonds is 1. The smallest absolute Gasteiger partial charge is 0.159 e. The summed E-state index contributed by atoms with van der Waals surface area (Å²) in [5, 5.41) is 13.1. The lowest BCUT2D eigenvalue weighted by atomic mass is 9.99. The van der Waals surface area contributed by atoms with Gasteiger partial charge in [0, 0.05) is 7.05 Å². The molecule has 0 aliphatic carbocycles. The maximum atomic E-state index is 13.8. The molecule has 4 nitrogen and oxygen atoms in total. The zero-order chi connectivity index (χ0) is 11.0. The summed E-state index contributed by atoms with van der Waals surface area (Å²) < 4.78 is 19.3. The Bertz CT molecular complexity index is 300. The molecule has 0 radical (unpaired) electrons. The van der Waals surface area contributed by atoms with E-state index in [0.717, 1.165) is 0 Å². The number of alkyl halides is 1. The van der Waals surface area contributed by atoms with Crippen LogP contribution in [0.2, 0.25) is 0 Å². The molecule has 0 bridgehead atoms. The predicted molar refractivity (Wildman–Crippen MR) is 57.6 cm³/mol. The van der Waals surface area contributed by atoms with Crippen LogP contribution in [0.4, 0.5) is 4.39 Å². The van der Waals surface area contributed by atoms with Crippen molar-refractivity contribution in [2.24, 2.45) is 4.99 Å². The molecule has 84 valence electrons. The number of nitrogens with one attached hydrogen (secondary N) is 1. The molecule has 2 fully saturated rings. The average Bonchev–Trinajstić information content (AvgIpc) is 2.66. The van der Waals surface area contributed by atoms with Gasteiger partial charge in [0.15, 0.2) is 11.3 Å². The lowest BCUT2D eigenvalue weighted by Gasteiger charge is -2.36. The standard InChI is InChI=1S/C9H13FN2O2S/c1-3-4-7(13)5(10)6-8(14-4)15-9(11-2)12-6/h3-8,13H,1H2,2H3,(H,11,12)/t4-,5+,6-,7-,8-/m1/s1. The number of aliphatic hydroxyl groups is 1. The molecule has 2 heterocycles. The highest BCUT2D eigenvalue weighted by atomic mass is 32.2. The highest BCUT2D eigenvalue weighted by Crippen LogP contribution is 2.35. The van der Waals surface area contributed by atoms with E-state index in [9.17, 15) is 9.50 Å². The topological polar surface area (TPSA) is 53.8 Å². The summed E-state index contributed by atoms with van der Waals surface area (Å²) in [6.45, 7) is 3.51. The van der Waals surface area contributed by atoms with Crippen molar-refractivity contribution in [3.63, 3.8) is 0 Å².